The van der Waals surface area contributed by atoms with E-state index in [-0.39, 0.29) is 0 Å². The van der Waals surface area contributed by atoms with Gasteiger partial charge in [0.05, 0.1) is 11.3 Å². The lowest BCUT2D eigenvalue weighted by Gasteiger charge is -2.05. The number of hydrogen-bond donors (Lipinski definition) is 1. The minimum Gasteiger partial charge on any atom is -0.423 e. The van der Waals surface area contributed by atoms with Crippen LogP contribution in [0.2, 0.25) is 0 Å². The fourth-order valence-corrected chi connectivity index (χ4v) is 1.94. The van der Waals surface area contributed by atoms with Gasteiger partial charge in [-0.3, -0.25) is 0 Å². The first-order valence-electron chi connectivity index (χ1n) is 6.09. The first-order valence-corrected chi connectivity index (χ1v) is 6.54. The summed E-state index contributed by atoms with van der Waals surface area (Å²) in [7, 11) is 0. The molecule has 0 aliphatic rings. The molecule has 0 N–H and O–H groups in total. The fourth-order valence-electron chi connectivity index (χ4n) is 1.74. The Bertz CT molecular complexity index is 756. The number of hydrogen-bond acceptors (Lipinski definition) is 6. The highest BCUT2D eigenvalue weighted by molar-refractivity contribution is 7.80. The number of para-hydroxylation sites is 1. The summed E-state index contributed by atoms with van der Waals surface area (Å²) >= 11 is 4.13. The second-order valence-corrected chi connectivity index (χ2v) is 4.54. The van der Waals surface area contributed by atoms with E-state index < -0.39 is 5.97 Å². The van der Waals surface area contributed by atoms with Crippen molar-refractivity contribution in [1.82, 2.24) is 20.2 Å². The Balaban J connectivity index is 1.78. The van der Waals surface area contributed by atoms with Crippen LogP contribution in [0.25, 0.3) is 5.69 Å². The highest BCUT2D eigenvalue weighted by atomic mass is 32.1. The summed E-state index contributed by atoms with van der Waals surface area (Å²) in [5.74, 6) is 0.0836. The smallest absolute Gasteiger partial charge is 0.343 e. The van der Waals surface area contributed by atoms with Gasteiger partial charge in [0.25, 0.3) is 0 Å². The van der Waals surface area contributed by atoms with Crippen LogP contribution in [0.15, 0.2) is 59.8 Å². The molecule has 3 rings (SSSR count). The molecule has 0 radical (unpaired) electrons. The third kappa shape index (κ3) is 2.92. The van der Waals surface area contributed by atoms with Crippen LogP contribution < -0.4 is 4.74 Å². The molecule has 6 nitrogen and oxygen atoms in total. The van der Waals surface area contributed by atoms with Crippen molar-refractivity contribution in [3.63, 3.8) is 0 Å². The summed E-state index contributed by atoms with van der Waals surface area (Å²) < 4.78 is 6.71. The lowest BCUT2D eigenvalue weighted by Crippen LogP contribution is -2.08. The second-order valence-electron chi connectivity index (χ2n) is 4.14. The van der Waals surface area contributed by atoms with Crippen LogP contribution in [0.3, 0.4) is 0 Å². The minimum atomic E-state index is -0.421. The number of nitrogens with zero attached hydrogens (tertiary/aromatic N) is 4. The zero-order valence-electron chi connectivity index (χ0n) is 10.7. The van der Waals surface area contributed by atoms with Gasteiger partial charge in [-0.1, -0.05) is 18.2 Å². The van der Waals surface area contributed by atoms with Crippen molar-refractivity contribution in [3.8, 4) is 11.4 Å². The zero-order valence-corrected chi connectivity index (χ0v) is 11.6. The molecule has 0 atom stereocenters. The first-order chi connectivity index (χ1) is 10.2. The van der Waals surface area contributed by atoms with Crippen molar-refractivity contribution in [1.29, 1.82) is 0 Å². The SMILES string of the molecule is O=C(Oc1ccccc1)c1ccc(-n2nnnc2S)cc1. The van der Waals surface area contributed by atoms with Gasteiger partial charge in [0.15, 0.2) is 0 Å². The highest BCUT2D eigenvalue weighted by Gasteiger charge is 2.10. The number of esters is 1. The van der Waals surface area contributed by atoms with E-state index in [1.807, 2.05) is 6.07 Å². The molecular weight excluding hydrogens is 288 g/mol. The van der Waals surface area contributed by atoms with Crippen molar-refractivity contribution >= 4 is 18.6 Å². The maximum absolute atomic E-state index is 12.0. The van der Waals surface area contributed by atoms with E-state index in [9.17, 15) is 4.79 Å². The molecule has 0 fully saturated rings. The molecule has 0 bridgehead atoms. The summed E-state index contributed by atoms with van der Waals surface area (Å²) in [6.07, 6.45) is 0. The molecule has 2 aromatic carbocycles. The van der Waals surface area contributed by atoms with Gasteiger partial charge < -0.3 is 4.74 Å². The van der Waals surface area contributed by atoms with Crippen molar-refractivity contribution in [2.75, 3.05) is 0 Å². The van der Waals surface area contributed by atoms with Gasteiger partial charge in [-0.05, 0) is 46.8 Å². The third-order valence-corrected chi connectivity index (χ3v) is 3.03. The van der Waals surface area contributed by atoms with Crippen molar-refractivity contribution in [2.45, 2.75) is 5.16 Å². The number of carbonyl (C=O) groups excluding carboxylic acids is 1. The Hall–Kier alpha value is -2.67. The zero-order chi connectivity index (χ0) is 14.7. The van der Waals surface area contributed by atoms with E-state index >= 15 is 0 Å². The Morgan fingerprint density at radius 2 is 1.76 bits per heavy atom. The van der Waals surface area contributed by atoms with Crippen LogP contribution in [0.4, 0.5) is 0 Å². The number of tetrazole rings is 1. The molecule has 7 heteroatoms. The van der Waals surface area contributed by atoms with Crippen LogP contribution in [0, 0.1) is 0 Å². The van der Waals surface area contributed by atoms with Crippen LogP contribution >= 0.6 is 12.6 Å². The maximum atomic E-state index is 12.0. The van der Waals surface area contributed by atoms with E-state index in [0.29, 0.717) is 22.2 Å². The minimum absolute atomic E-state index is 0.370. The van der Waals surface area contributed by atoms with Crippen LogP contribution in [-0.4, -0.2) is 26.2 Å². The lowest BCUT2D eigenvalue weighted by molar-refractivity contribution is 0.0735. The number of carbonyl (C=O) groups is 1. The van der Waals surface area contributed by atoms with Crippen LogP contribution in [0.1, 0.15) is 10.4 Å². The molecule has 0 aliphatic carbocycles. The molecule has 1 aromatic heterocycles. The van der Waals surface area contributed by atoms with Gasteiger partial charge in [-0.2, -0.15) is 4.68 Å². The molecule has 0 unspecified atom stereocenters. The molecule has 0 saturated carbocycles. The Morgan fingerprint density at radius 1 is 1.05 bits per heavy atom. The predicted molar refractivity (Wildman–Crippen MR) is 77.8 cm³/mol. The molecule has 0 spiro atoms. The fraction of sp³-hybridized carbons (Fsp3) is 0. The standard InChI is InChI=1S/C14H10N4O2S/c19-13(20-12-4-2-1-3-5-12)10-6-8-11(9-7-10)18-14(21)15-16-17-18/h1-9H,(H,15,17,21). The van der Waals surface area contributed by atoms with E-state index in [0.717, 1.165) is 0 Å². The molecule has 0 amide bonds. The van der Waals surface area contributed by atoms with Gasteiger partial charge in [-0.25, -0.2) is 4.79 Å². The van der Waals surface area contributed by atoms with Crippen LogP contribution in [-0.2, 0) is 0 Å². The average Bonchev–Trinajstić information content (AvgIpc) is 2.94. The lowest BCUT2D eigenvalue weighted by atomic mass is 10.2. The van der Waals surface area contributed by atoms with E-state index in [1.165, 1.54) is 4.68 Å². The molecule has 0 saturated heterocycles. The molecular formula is C14H10N4O2S. The van der Waals surface area contributed by atoms with Gasteiger partial charge in [0, 0.05) is 0 Å². The Labute approximate surface area is 125 Å². The number of ether oxygens (including phenoxy) is 1. The second kappa shape index (κ2) is 5.76. The third-order valence-electron chi connectivity index (χ3n) is 2.75. The summed E-state index contributed by atoms with van der Waals surface area (Å²) in [4.78, 5) is 12.0. The average molecular weight is 298 g/mol. The molecule has 1 heterocycles. The normalized spacial score (nSPS) is 10.3. The molecule has 0 aliphatic heterocycles. The van der Waals surface area contributed by atoms with E-state index in [4.69, 9.17) is 4.74 Å². The van der Waals surface area contributed by atoms with Crippen LogP contribution in [0.5, 0.6) is 5.75 Å². The van der Waals surface area contributed by atoms with Crippen molar-refractivity contribution in [3.05, 3.63) is 60.2 Å². The first kappa shape index (κ1) is 13.3. The number of thiol groups is 1. The molecule has 21 heavy (non-hydrogen) atoms. The van der Waals surface area contributed by atoms with Gasteiger partial charge in [0.1, 0.15) is 5.75 Å². The largest absolute Gasteiger partial charge is 0.423 e. The van der Waals surface area contributed by atoms with Crippen molar-refractivity contribution in [2.24, 2.45) is 0 Å². The Kier molecular flexibility index (Phi) is 3.65. The summed E-state index contributed by atoms with van der Waals surface area (Å²) in [5.41, 5.74) is 1.15. The van der Waals surface area contributed by atoms with Gasteiger partial charge in [0.2, 0.25) is 5.16 Å². The number of benzene rings is 2. The van der Waals surface area contributed by atoms with Crippen molar-refractivity contribution < 1.29 is 9.53 Å². The topological polar surface area (TPSA) is 69.9 Å². The summed E-state index contributed by atoms with van der Waals surface area (Å²) in [5, 5.41) is 11.3. The van der Waals surface area contributed by atoms with Gasteiger partial charge >= 0.3 is 5.97 Å². The summed E-state index contributed by atoms with van der Waals surface area (Å²) in [6, 6.07) is 15.6. The highest BCUT2D eigenvalue weighted by Crippen LogP contribution is 2.15. The van der Waals surface area contributed by atoms with E-state index in [2.05, 4.69) is 28.2 Å². The molecule has 104 valence electrons. The number of rotatable bonds is 3. The van der Waals surface area contributed by atoms with E-state index in [1.54, 1.807) is 48.5 Å². The maximum Gasteiger partial charge on any atom is 0.343 e. The number of aromatic nitrogens is 4. The monoisotopic (exact) mass is 298 g/mol. The summed E-state index contributed by atoms with van der Waals surface area (Å²) in [6.45, 7) is 0. The predicted octanol–water partition coefficient (Wildman–Crippen LogP) is 2.17. The Morgan fingerprint density at radius 3 is 2.38 bits per heavy atom. The molecule has 3 aromatic rings. The van der Waals surface area contributed by atoms with Gasteiger partial charge in [-0.15, -0.1) is 17.7 Å². The quantitative estimate of drug-likeness (QED) is 0.456.